The van der Waals surface area contributed by atoms with Crippen LogP contribution in [-0.4, -0.2) is 16.9 Å². The molecular formula is C14H16O3. The van der Waals surface area contributed by atoms with Crippen LogP contribution in [0.1, 0.15) is 42.3 Å². The minimum Gasteiger partial charge on any atom is -0.481 e. The van der Waals surface area contributed by atoms with Crippen molar-refractivity contribution in [1.82, 2.24) is 0 Å². The van der Waals surface area contributed by atoms with Crippen molar-refractivity contribution in [1.29, 1.82) is 0 Å². The predicted molar refractivity (Wildman–Crippen MR) is 64.3 cm³/mol. The number of ketones is 1. The van der Waals surface area contributed by atoms with Gasteiger partial charge in [0.25, 0.3) is 0 Å². The Morgan fingerprint density at radius 2 is 2.00 bits per heavy atom. The van der Waals surface area contributed by atoms with E-state index in [0.29, 0.717) is 12.0 Å². The number of rotatable bonds is 1. The molecule has 2 rings (SSSR count). The van der Waals surface area contributed by atoms with Crippen LogP contribution < -0.4 is 0 Å². The molecule has 1 unspecified atom stereocenters. The quantitative estimate of drug-likeness (QED) is 0.756. The van der Waals surface area contributed by atoms with Gasteiger partial charge in [-0.2, -0.15) is 0 Å². The normalized spacial score (nSPS) is 19.2. The van der Waals surface area contributed by atoms with E-state index in [2.05, 4.69) is 20.8 Å². The molecule has 0 saturated carbocycles. The fourth-order valence-corrected chi connectivity index (χ4v) is 2.17. The highest BCUT2D eigenvalue weighted by Crippen LogP contribution is 2.31. The molecule has 1 aliphatic carbocycles. The van der Waals surface area contributed by atoms with Crippen LogP contribution in [0.2, 0.25) is 0 Å². The maximum absolute atomic E-state index is 11.8. The van der Waals surface area contributed by atoms with Crippen molar-refractivity contribution in [3.05, 3.63) is 34.9 Å². The second-order valence-corrected chi connectivity index (χ2v) is 5.58. The van der Waals surface area contributed by atoms with Gasteiger partial charge in [-0.15, -0.1) is 0 Å². The Bertz CT molecular complexity index is 495. The third-order valence-electron chi connectivity index (χ3n) is 3.28. The lowest BCUT2D eigenvalue weighted by atomic mass is 9.85. The van der Waals surface area contributed by atoms with Crippen LogP contribution in [0, 0.1) is 5.92 Å². The Kier molecular flexibility index (Phi) is 2.57. The number of aliphatic carboxylic acids is 1. The summed E-state index contributed by atoms with van der Waals surface area (Å²) in [4.78, 5) is 22.8. The highest BCUT2D eigenvalue weighted by molar-refractivity contribution is 6.11. The van der Waals surface area contributed by atoms with Crippen LogP contribution in [0.3, 0.4) is 0 Å². The monoisotopic (exact) mass is 232 g/mol. The van der Waals surface area contributed by atoms with Crippen LogP contribution in [0.5, 0.6) is 0 Å². The Morgan fingerprint density at radius 3 is 2.53 bits per heavy atom. The average Bonchev–Trinajstić information content (AvgIpc) is 2.54. The summed E-state index contributed by atoms with van der Waals surface area (Å²) in [6.07, 6.45) is 0.327. The van der Waals surface area contributed by atoms with E-state index in [1.165, 1.54) is 0 Å². The molecule has 1 aromatic carbocycles. The third kappa shape index (κ3) is 1.97. The Morgan fingerprint density at radius 1 is 1.35 bits per heavy atom. The maximum atomic E-state index is 11.8. The summed E-state index contributed by atoms with van der Waals surface area (Å²) < 4.78 is 0. The summed E-state index contributed by atoms with van der Waals surface area (Å²) >= 11 is 0. The molecule has 0 bridgehead atoms. The van der Waals surface area contributed by atoms with E-state index in [4.69, 9.17) is 5.11 Å². The van der Waals surface area contributed by atoms with Crippen molar-refractivity contribution >= 4 is 11.8 Å². The highest BCUT2D eigenvalue weighted by Gasteiger charge is 2.36. The number of carbonyl (C=O) groups is 2. The van der Waals surface area contributed by atoms with Crippen LogP contribution in [-0.2, 0) is 16.6 Å². The number of carboxylic acids is 1. The molecule has 3 heteroatoms. The minimum atomic E-state index is -1.02. The summed E-state index contributed by atoms with van der Waals surface area (Å²) in [5.74, 6) is -2.17. The Labute approximate surface area is 100 Å². The summed E-state index contributed by atoms with van der Waals surface area (Å²) in [6.45, 7) is 6.29. The molecule has 17 heavy (non-hydrogen) atoms. The van der Waals surface area contributed by atoms with Gasteiger partial charge in [0, 0.05) is 5.56 Å². The molecule has 3 nitrogen and oxygen atoms in total. The van der Waals surface area contributed by atoms with Gasteiger partial charge < -0.3 is 5.11 Å². The number of hydrogen-bond acceptors (Lipinski definition) is 2. The summed E-state index contributed by atoms with van der Waals surface area (Å²) in [5, 5.41) is 8.96. The van der Waals surface area contributed by atoms with Gasteiger partial charge in [-0.1, -0.05) is 39.0 Å². The van der Waals surface area contributed by atoms with Gasteiger partial charge in [-0.25, -0.2) is 0 Å². The number of hydrogen-bond donors (Lipinski definition) is 1. The van der Waals surface area contributed by atoms with Crippen LogP contribution >= 0.6 is 0 Å². The van der Waals surface area contributed by atoms with E-state index in [-0.39, 0.29) is 11.2 Å². The molecule has 1 aromatic rings. The molecule has 0 spiro atoms. The summed E-state index contributed by atoms with van der Waals surface area (Å²) in [7, 11) is 0. The van der Waals surface area contributed by atoms with E-state index in [0.717, 1.165) is 11.1 Å². The number of carboxylic acid groups (broad SMARTS) is 1. The molecule has 0 radical (unpaired) electrons. The average molecular weight is 232 g/mol. The van der Waals surface area contributed by atoms with Crippen LogP contribution in [0.15, 0.2) is 18.2 Å². The molecule has 0 aliphatic heterocycles. The third-order valence-corrected chi connectivity index (χ3v) is 3.28. The zero-order valence-corrected chi connectivity index (χ0v) is 10.3. The van der Waals surface area contributed by atoms with Gasteiger partial charge in [-0.05, 0) is 23.0 Å². The van der Waals surface area contributed by atoms with Crippen LogP contribution in [0.25, 0.3) is 0 Å². The maximum Gasteiger partial charge on any atom is 0.314 e. The molecule has 0 amide bonds. The Balaban J connectivity index is 2.43. The zero-order valence-electron chi connectivity index (χ0n) is 10.3. The molecule has 1 atom stereocenters. The predicted octanol–water partition coefficient (Wildman–Crippen LogP) is 2.42. The molecule has 0 heterocycles. The summed E-state index contributed by atoms with van der Waals surface area (Å²) in [5.41, 5.74) is 2.59. The van der Waals surface area contributed by atoms with Gasteiger partial charge in [0.1, 0.15) is 5.92 Å². The summed E-state index contributed by atoms with van der Waals surface area (Å²) in [6, 6.07) is 5.65. The fraction of sp³-hybridized carbons (Fsp3) is 0.429. The Hall–Kier alpha value is -1.64. The largest absolute Gasteiger partial charge is 0.481 e. The SMILES string of the molecule is CC(C)(C)c1ccc2c(c1)CC(C(=O)O)C2=O. The van der Waals surface area contributed by atoms with Crippen molar-refractivity contribution in [2.75, 3.05) is 0 Å². The van der Waals surface area contributed by atoms with Crippen molar-refractivity contribution in [3.8, 4) is 0 Å². The van der Waals surface area contributed by atoms with Gasteiger partial charge in [-0.3, -0.25) is 9.59 Å². The number of fused-ring (bicyclic) bond motifs is 1. The van der Waals surface area contributed by atoms with Crippen molar-refractivity contribution in [2.24, 2.45) is 5.92 Å². The van der Waals surface area contributed by atoms with E-state index < -0.39 is 11.9 Å². The number of benzene rings is 1. The molecule has 0 fully saturated rings. The topological polar surface area (TPSA) is 54.4 Å². The minimum absolute atomic E-state index is 0.0133. The van der Waals surface area contributed by atoms with Crippen molar-refractivity contribution < 1.29 is 14.7 Å². The first-order chi connectivity index (χ1) is 7.80. The first-order valence-corrected chi connectivity index (χ1v) is 5.71. The molecule has 1 aliphatic rings. The molecular weight excluding hydrogens is 216 g/mol. The van der Waals surface area contributed by atoms with Gasteiger partial charge in [0.15, 0.2) is 5.78 Å². The second kappa shape index (κ2) is 3.69. The van der Waals surface area contributed by atoms with Crippen molar-refractivity contribution in [3.63, 3.8) is 0 Å². The van der Waals surface area contributed by atoms with Gasteiger partial charge in [0.2, 0.25) is 0 Å². The van der Waals surface area contributed by atoms with E-state index >= 15 is 0 Å². The lowest BCUT2D eigenvalue weighted by molar-refractivity contribution is -0.139. The fourth-order valence-electron chi connectivity index (χ4n) is 2.17. The molecule has 0 aromatic heterocycles. The number of Topliss-reactive ketones (excluding diaryl/α,β-unsaturated/α-hetero) is 1. The molecule has 0 saturated heterocycles. The molecule has 90 valence electrons. The zero-order chi connectivity index (χ0) is 12.8. The smallest absolute Gasteiger partial charge is 0.314 e. The molecule has 1 N–H and O–H groups in total. The second-order valence-electron chi connectivity index (χ2n) is 5.58. The van der Waals surface area contributed by atoms with E-state index in [9.17, 15) is 9.59 Å². The van der Waals surface area contributed by atoms with Gasteiger partial charge in [0.05, 0.1) is 0 Å². The lowest BCUT2D eigenvalue weighted by Crippen LogP contribution is -2.19. The van der Waals surface area contributed by atoms with E-state index in [1.54, 1.807) is 6.07 Å². The van der Waals surface area contributed by atoms with E-state index in [1.807, 2.05) is 12.1 Å². The first kappa shape index (κ1) is 11.8. The lowest BCUT2D eigenvalue weighted by Gasteiger charge is -2.19. The number of carbonyl (C=O) groups excluding carboxylic acids is 1. The van der Waals surface area contributed by atoms with Crippen molar-refractivity contribution in [2.45, 2.75) is 32.6 Å². The van der Waals surface area contributed by atoms with Crippen LogP contribution in [0.4, 0.5) is 0 Å². The standard InChI is InChI=1S/C14H16O3/c1-14(2,3)9-4-5-10-8(6-9)7-11(12(10)15)13(16)17/h4-6,11H,7H2,1-3H3,(H,16,17). The van der Waals surface area contributed by atoms with Gasteiger partial charge >= 0.3 is 5.97 Å². The first-order valence-electron chi connectivity index (χ1n) is 5.71. The highest BCUT2D eigenvalue weighted by atomic mass is 16.4.